The Hall–Kier alpha value is -1.04. The number of thiophene rings is 1. The monoisotopic (exact) mass is 369 g/mol. The lowest BCUT2D eigenvalue weighted by Crippen LogP contribution is -2.40. The summed E-state index contributed by atoms with van der Waals surface area (Å²) in [7, 11) is 3.28. The molecule has 0 radical (unpaired) electrons. The standard InChI is InChI=1S/C16H20BrNO2S/c1-16(18,9-13-7-12(17)10-21-13)8-11-4-5-14(19-2)15(6-11)20-3/h4-7,10H,8-9,18H2,1-3H3. The molecule has 0 saturated carbocycles. The highest BCUT2D eigenvalue weighted by Crippen LogP contribution is 2.30. The van der Waals surface area contributed by atoms with Gasteiger partial charge in [-0.15, -0.1) is 11.3 Å². The van der Waals surface area contributed by atoms with Gasteiger partial charge >= 0.3 is 0 Å². The second-order valence-electron chi connectivity index (χ2n) is 5.43. The van der Waals surface area contributed by atoms with E-state index in [0.717, 1.165) is 34.4 Å². The van der Waals surface area contributed by atoms with E-state index < -0.39 is 0 Å². The molecule has 1 aromatic heterocycles. The van der Waals surface area contributed by atoms with Crippen LogP contribution < -0.4 is 15.2 Å². The number of rotatable bonds is 6. The molecule has 2 rings (SSSR count). The Kier molecular flexibility index (Phi) is 5.30. The van der Waals surface area contributed by atoms with Gasteiger partial charge in [-0.2, -0.15) is 0 Å². The summed E-state index contributed by atoms with van der Waals surface area (Å²) in [6, 6.07) is 8.08. The molecule has 1 heterocycles. The largest absolute Gasteiger partial charge is 0.493 e. The van der Waals surface area contributed by atoms with Crippen molar-refractivity contribution in [3.05, 3.63) is 44.6 Å². The third-order valence-electron chi connectivity index (χ3n) is 3.26. The Balaban J connectivity index is 2.12. The number of methoxy groups -OCH3 is 2. The van der Waals surface area contributed by atoms with Gasteiger partial charge in [0, 0.05) is 20.3 Å². The molecule has 0 aliphatic heterocycles. The molecule has 1 atom stereocenters. The van der Waals surface area contributed by atoms with Gasteiger partial charge in [0.2, 0.25) is 0 Å². The van der Waals surface area contributed by atoms with Crippen LogP contribution in [-0.2, 0) is 12.8 Å². The van der Waals surface area contributed by atoms with E-state index in [2.05, 4.69) is 34.3 Å². The normalized spacial score (nSPS) is 13.8. The molecule has 0 fully saturated rings. The van der Waals surface area contributed by atoms with Gasteiger partial charge in [-0.25, -0.2) is 0 Å². The zero-order chi connectivity index (χ0) is 15.5. The quantitative estimate of drug-likeness (QED) is 0.835. The van der Waals surface area contributed by atoms with Crippen molar-refractivity contribution >= 4 is 27.3 Å². The molecule has 3 nitrogen and oxygen atoms in total. The van der Waals surface area contributed by atoms with Crippen molar-refractivity contribution in [2.24, 2.45) is 5.73 Å². The molecule has 0 spiro atoms. The minimum Gasteiger partial charge on any atom is -0.493 e. The van der Waals surface area contributed by atoms with Crippen LogP contribution in [0, 0.1) is 0 Å². The first kappa shape index (κ1) is 16.3. The molecule has 1 unspecified atom stereocenters. The Bertz CT molecular complexity index is 610. The number of nitrogens with two attached hydrogens (primary N) is 1. The van der Waals surface area contributed by atoms with Crippen LogP contribution in [0.5, 0.6) is 11.5 Å². The van der Waals surface area contributed by atoms with Gasteiger partial charge in [0.05, 0.1) is 14.2 Å². The van der Waals surface area contributed by atoms with E-state index in [4.69, 9.17) is 15.2 Å². The third-order valence-corrected chi connectivity index (χ3v) is 4.95. The van der Waals surface area contributed by atoms with Crippen molar-refractivity contribution in [1.29, 1.82) is 0 Å². The fraction of sp³-hybridized carbons (Fsp3) is 0.375. The van der Waals surface area contributed by atoms with Gasteiger partial charge in [-0.1, -0.05) is 6.07 Å². The SMILES string of the molecule is COc1ccc(CC(C)(N)Cc2cc(Br)cs2)cc1OC. The van der Waals surface area contributed by atoms with Crippen LogP contribution in [-0.4, -0.2) is 19.8 Å². The summed E-state index contributed by atoms with van der Waals surface area (Å²) in [6.07, 6.45) is 1.63. The van der Waals surface area contributed by atoms with Crippen molar-refractivity contribution in [2.45, 2.75) is 25.3 Å². The van der Waals surface area contributed by atoms with Gasteiger partial charge in [-0.3, -0.25) is 0 Å². The number of hydrogen-bond donors (Lipinski definition) is 1. The van der Waals surface area contributed by atoms with E-state index in [1.807, 2.05) is 18.2 Å². The summed E-state index contributed by atoms with van der Waals surface area (Å²) in [5, 5.41) is 2.09. The topological polar surface area (TPSA) is 44.5 Å². The molecule has 1 aromatic carbocycles. The third kappa shape index (κ3) is 4.46. The van der Waals surface area contributed by atoms with Crippen LogP contribution in [0.4, 0.5) is 0 Å². The van der Waals surface area contributed by atoms with E-state index in [1.54, 1.807) is 25.6 Å². The van der Waals surface area contributed by atoms with Gasteiger partial charge in [0.15, 0.2) is 11.5 Å². The molecule has 0 bridgehead atoms. The maximum atomic E-state index is 6.47. The summed E-state index contributed by atoms with van der Waals surface area (Å²) in [6.45, 7) is 2.08. The lowest BCUT2D eigenvalue weighted by molar-refractivity contribution is 0.354. The van der Waals surface area contributed by atoms with Crippen LogP contribution in [0.2, 0.25) is 0 Å². The van der Waals surface area contributed by atoms with Gasteiger partial charge in [0.25, 0.3) is 0 Å². The molecule has 0 aliphatic carbocycles. The summed E-state index contributed by atoms with van der Waals surface area (Å²) in [5.41, 5.74) is 7.32. The minimum absolute atomic E-state index is 0.302. The number of ether oxygens (including phenoxy) is 2. The van der Waals surface area contributed by atoms with Crippen molar-refractivity contribution in [2.75, 3.05) is 14.2 Å². The Morgan fingerprint density at radius 1 is 1.14 bits per heavy atom. The zero-order valence-electron chi connectivity index (χ0n) is 12.5. The van der Waals surface area contributed by atoms with E-state index in [9.17, 15) is 0 Å². The predicted molar refractivity (Wildman–Crippen MR) is 91.6 cm³/mol. The number of halogens is 1. The summed E-state index contributed by atoms with van der Waals surface area (Å²) in [4.78, 5) is 1.28. The Morgan fingerprint density at radius 2 is 1.86 bits per heavy atom. The lowest BCUT2D eigenvalue weighted by Gasteiger charge is -2.24. The van der Waals surface area contributed by atoms with E-state index in [0.29, 0.717) is 0 Å². The fourth-order valence-electron chi connectivity index (χ4n) is 2.36. The van der Waals surface area contributed by atoms with Crippen LogP contribution in [0.25, 0.3) is 0 Å². The molecular weight excluding hydrogens is 350 g/mol. The number of hydrogen-bond acceptors (Lipinski definition) is 4. The molecule has 2 N–H and O–H groups in total. The molecule has 0 saturated heterocycles. The zero-order valence-corrected chi connectivity index (χ0v) is 14.9. The maximum absolute atomic E-state index is 6.47. The summed E-state index contributed by atoms with van der Waals surface area (Å²) < 4.78 is 11.7. The highest BCUT2D eigenvalue weighted by atomic mass is 79.9. The van der Waals surface area contributed by atoms with Crippen LogP contribution in [0.3, 0.4) is 0 Å². The highest BCUT2D eigenvalue weighted by molar-refractivity contribution is 9.10. The average molecular weight is 370 g/mol. The fourth-order valence-corrected chi connectivity index (χ4v) is 4.01. The predicted octanol–water partition coefficient (Wildman–Crippen LogP) is 4.03. The second kappa shape index (κ2) is 6.81. The van der Waals surface area contributed by atoms with Crippen molar-refractivity contribution < 1.29 is 9.47 Å². The second-order valence-corrected chi connectivity index (χ2v) is 7.34. The maximum Gasteiger partial charge on any atom is 0.160 e. The highest BCUT2D eigenvalue weighted by Gasteiger charge is 2.21. The molecule has 0 amide bonds. The van der Waals surface area contributed by atoms with Crippen LogP contribution >= 0.6 is 27.3 Å². The van der Waals surface area contributed by atoms with E-state index in [1.165, 1.54) is 4.88 Å². The smallest absolute Gasteiger partial charge is 0.160 e. The molecule has 5 heteroatoms. The first-order chi connectivity index (χ1) is 9.93. The summed E-state index contributed by atoms with van der Waals surface area (Å²) >= 11 is 5.21. The minimum atomic E-state index is -0.302. The van der Waals surface area contributed by atoms with Crippen molar-refractivity contribution in [3.63, 3.8) is 0 Å². The summed E-state index contributed by atoms with van der Waals surface area (Å²) in [5.74, 6) is 1.48. The van der Waals surface area contributed by atoms with E-state index >= 15 is 0 Å². The molecule has 2 aromatic rings. The lowest BCUT2D eigenvalue weighted by atomic mass is 9.90. The van der Waals surface area contributed by atoms with Gasteiger partial charge in [0.1, 0.15) is 0 Å². The van der Waals surface area contributed by atoms with Crippen LogP contribution in [0.1, 0.15) is 17.4 Å². The van der Waals surface area contributed by atoms with Crippen molar-refractivity contribution in [3.8, 4) is 11.5 Å². The van der Waals surface area contributed by atoms with Crippen molar-refractivity contribution in [1.82, 2.24) is 0 Å². The first-order valence-electron chi connectivity index (χ1n) is 6.66. The Morgan fingerprint density at radius 3 is 2.43 bits per heavy atom. The van der Waals surface area contributed by atoms with Crippen LogP contribution in [0.15, 0.2) is 34.1 Å². The average Bonchev–Trinajstić information content (AvgIpc) is 2.82. The Labute approximate surface area is 138 Å². The molecule has 21 heavy (non-hydrogen) atoms. The van der Waals surface area contributed by atoms with Gasteiger partial charge in [-0.05, 0) is 59.5 Å². The first-order valence-corrected chi connectivity index (χ1v) is 8.33. The molecule has 0 aliphatic rings. The molecule has 114 valence electrons. The molecular formula is C16H20BrNO2S. The van der Waals surface area contributed by atoms with E-state index in [-0.39, 0.29) is 5.54 Å². The van der Waals surface area contributed by atoms with Gasteiger partial charge < -0.3 is 15.2 Å². The number of benzene rings is 1.